The van der Waals surface area contributed by atoms with E-state index in [0.717, 1.165) is 18.5 Å². The van der Waals surface area contributed by atoms with Crippen LogP contribution in [0.5, 0.6) is 0 Å². The first-order valence-corrected chi connectivity index (χ1v) is 12.1. The fraction of sp³-hybridized carbons (Fsp3) is 0.333. The molecule has 2 aliphatic rings. The van der Waals surface area contributed by atoms with Crippen LogP contribution in [-0.4, -0.2) is 53.1 Å². The number of hydrogen-bond donors (Lipinski definition) is 2. The van der Waals surface area contributed by atoms with Gasteiger partial charge in [0, 0.05) is 30.9 Å². The largest absolute Gasteiger partial charge is 0.481 e. The highest BCUT2D eigenvalue weighted by molar-refractivity contribution is 6.04. The van der Waals surface area contributed by atoms with E-state index >= 15 is 0 Å². The van der Waals surface area contributed by atoms with E-state index < -0.39 is 34.8 Å². The third-order valence-electron chi connectivity index (χ3n) is 6.64. The molecule has 1 amide bonds. The number of piperidine rings is 1. The summed E-state index contributed by atoms with van der Waals surface area (Å²) < 4.78 is 24.1. The number of amides is 1. The van der Waals surface area contributed by atoms with Crippen molar-refractivity contribution >= 4 is 17.6 Å². The van der Waals surface area contributed by atoms with E-state index in [2.05, 4.69) is 10.2 Å². The van der Waals surface area contributed by atoms with Gasteiger partial charge in [-0.05, 0) is 49.6 Å². The molecule has 2 aromatic rings. The van der Waals surface area contributed by atoms with E-state index in [-0.39, 0.29) is 33.9 Å². The molecule has 1 saturated heterocycles. The Bertz CT molecular complexity index is 1310. The van der Waals surface area contributed by atoms with Crippen LogP contribution >= 0.6 is 0 Å². The number of halogens is 1. The highest BCUT2D eigenvalue weighted by atomic mass is 19.1. The number of methoxy groups -OCH3 is 1. The molecule has 0 spiro atoms. The van der Waals surface area contributed by atoms with Gasteiger partial charge in [0.15, 0.2) is 0 Å². The van der Waals surface area contributed by atoms with Crippen LogP contribution in [0.2, 0.25) is 0 Å². The quantitative estimate of drug-likeness (QED) is 0.183. The smallest absolute Gasteiger partial charge is 0.337 e. The zero-order chi connectivity index (χ0) is 27.4. The number of nitrogens with zero attached hydrogens (tertiary/aromatic N) is 2. The van der Waals surface area contributed by atoms with Crippen molar-refractivity contribution in [3.8, 4) is 0 Å². The summed E-state index contributed by atoms with van der Waals surface area (Å²) in [6, 6.07) is 11.7. The molecule has 11 heteroatoms. The number of carbonyl (C=O) groups is 2. The van der Waals surface area contributed by atoms with Gasteiger partial charge in [0.05, 0.1) is 23.5 Å². The number of rotatable bonds is 7. The molecule has 4 rings (SSSR count). The van der Waals surface area contributed by atoms with E-state index in [1.165, 1.54) is 50.4 Å². The van der Waals surface area contributed by atoms with Gasteiger partial charge in [-0.25, -0.2) is 9.18 Å². The van der Waals surface area contributed by atoms with Crippen molar-refractivity contribution in [1.29, 1.82) is 0 Å². The van der Waals surface area contributed by atoms with Crippen LogP contribution in [0, 0.1) is 15.9 Å². The number of likely N-dealkylation sites (tertiary alicyclic amines) is 1. The Hall–Kier alpha value is -4.25. The van der Waals surface area contributed by atoms with E-state index in [4.69, 9.17) is 9.47 Å². The average Bonchev–Trinajstić information content (AvgIpc) is 2.89. The molecule has 0 aromatic heterocycles. The van der Waals surface area contributed by atoms with Crippen LogP contribution in [-0.2, 0) is 25.6 Å². The summed E-state index contributed by atoms with van der Waals surface area (Å²) in [6.45, 7) is 3.33. The lowest BCUT2D eigenvalue weighted by molar-refractivity contribution is -0.384. The minimum absolute atomic E-state index is 0.0411. The summed E-state index contributed by atoms with van der Waals surface area (Å²) in [6.07, 6.45) is 0.944. The second-order valence-electron chi connectivity index (χ2n) is 9.23. The SMILES string of the molecule is COC(O)=C1C(=O)NC(C)=C(C(=O)OC2CCCN(Cc3ccc(F)cc3)C2)C1c1cccc([N+](=O)[O-])c1. The Morgan fingerprint density at radius 3 is 2.68 bits per heavy atom. The number of allylic oxidation sites excluding steroid dienone is 1. The number of carbonyl (C=O) groups excluding carboxylic acids is 2. The molecule has 2 unspecified atom stereocenters. The standard InChI is InChI=1S/C27H28FN3O7/c1-16-22(27(34)38-21-7-4-12-30(15-21)14-17-8-10-19(28)11-9-17)23(24(25(32)29-16)26(33)37-2)18-5-3-6-20(13-18)31(35)36/h3,5-6,8-11,13,21,23,33H,4,7,12,14-15H2,1-2H3,(H,29,32). The third kappa shape index (κ3) is 5.83. The Kier molecular flexibility index (Phi) is 8.06. The molecular weight excluding hydrogens is 497 g/mol. The van der Waals surface area contributed by atoms with Crippen molar-refractivity contribution in [2.75, 3.05) is 20.2 Å². The molecular formula is C27H28FN3O7. The maximum Gasteiger partial charge on any atom is 0.337 e. The molecule has 2 atom stereocenters. The van der Waals surface area contributed by atoms with Crippen molar-refractivity contribution in [2.45, 2.75) is 38.3 Å². The monoisotopic (exact) mass is 525 g/mol. The van der Waals surface area contributed by atoms with Crippen LogP contribution in [0.3, 0.4) is 0 Å². The summed E-state index contributed by atoms with van der Waals surface area (Å²) in [5.74, 6) is -3.59. The molecule has 2 aliphatic heterocycles. The Morgan fingerprint density at radius 2 is 2.00 bits per heavy atom. The molecule has 10 nitrogen and oxygen atoms in total. The fourth-order valence-corrected chi connectivity index (χ4v) is 4.87. The number of non-ortho nitro benzene ring substituents is 1. The molecule has 2 N–H and O–H groups in total. The van der Waals surface area contributed by atoms with Crippen LogP contribution < -0.4 is 5.32 Å². The predicted octanol–water partition coefficient (Wildman–Crippen LogP) is 3.85. The average molecular weight is 526 g/mol. The van der Waals surface area contributed by atoms with Gasteiger partial charge in [-0.2, -0.15) is 0 Å². The van der Waals surface area contributed by atoms with Crippen molar-refractivity contribution < 1.29 is 33.5 Å². The Labute approximate surface area is 218 Å². The number of aliphatic hydroxyl groups excluding tert-OH is 1. The minimum Gasteiger partial charge on any atom is -0.481 e. The third-order valence-corrected chi connectivity index (χ3v) is 6.64. The summed E-state index contributed by atoms with van der Waals surface area (Å²) in [5, 5.41) is 24.4. The van der Waals surface area contributed by atoms with Crippen molar-refractivity contribution in [1.82, 2.24) is 10.2 Å². The lowest BCUT2D eigenvalue weighted by Crippen LogP contribution is -2.42. The number of ether oxygens (including phenoxy) is 2. The van der Waals surface area contributed by atoms with Gasteiger partial charge < -0.3 is 19.9 Å². The summed E-state index contributed by atoms with van der Waals surface area (Å²) in [4.78, 5) is 39.3. The molecule has 200 valence electrons. The summed E-state index contributed by atoms with van der Waals surface area (Å²) >= 11 is 0. The van der Waals surface area contributed by atoms with Gasteiger partial charge in [-0.1, -0.05) is 24.3 Å². The lowest BCUT2D eigenvalue weighted by Gasteiger charge is -2.34. The topological polar surface area (TPSA) is 131 Å². The van der Waals surface area contributed by atoms with Crippen LogP contribution in [0.4, 0.5) is 10.1 Å². The fourth-order valence-electron chi connectivity index (χ4n) is 4.87. The van der Waals surface area contributed by atoms with Gasteiger partial charge in [0.2, 0.25) is 0 Å². The van der Waals surface area contributed by atoms with E-state index in [9.17, 15) is 29.2 Å². The van der Waals surface area contributed by atoms with Crippen molar-refractivity contribution in [3.05, 3.63) is 98.4 Å². The van der Waals surface area contributed by atoms with E-state index in [1.807, 2.05) is 0 Å². The maximum absolute atomic E-state index is 13.6. The lowest BCUT2D eigenvalue weighted by atomic mass is 9.80. The molecule has 2 heterocycles. The number of esters is 1. The molecule has 0 radical (unpaired) electrons. The first-order chi connectivity index (χ1) is 18.2. The first kappa shape index (κ1) is 26.8. The number of nitrogens with one attached hydrogen (secondary N) is 1. The normalized spacial score (nSPS) is 21.5. The van der Waals surface area contributed by atoms with Crippen LogP contribution in [0.15, 0.2) is 71.3 Å². The van der Waals surface area contributed by atoms with Crippen molar-refractivity contribution in [3.63, 3.8) is 0 Å². The first-order valence-electron chi connectivity index (χ1n) is 12.1. The highest BCUT2D eigenvalue weighted by Gasteiger charge is 2.41. The van der Waals surface area contributed by atoms with Crippen molar-refractivity contribution in [2.24, 2.45) is 0 Å². The second kappa shape index (κ2) is 11.4. The van der Waals surface area contributed by atoms with Crippen LogP contribution in [0.25, 0.3) is 0 Å². The number of benzene rings is 2. The van der Waals surface area contributed by atoms with Gasteiger partial charge in [-0.15, -0.1) is 0 Å². The van der Waals surface area contributed by atoms with Crippen LogP contribution in [0.1, 0.15) is 36.8 Å². The van der Waals surface area contributed by atoms with Gasteiger partial charge in [0.1, 0.15) is 17.5 Å². The number of hydrogen-bond acceptors (Lipinski definition) is 8. The molecule has 2 aromatic carbocycles. The molecule has 0 saturated carbocycles. The number of nitro groups is 1. The van der Waals surface area contributed by atoms with E-state index in [1.54, 1.807) is 12.1 Å². The van der Waals surface area contributed by atoms with Gasteiger partial charge >= 0.3 is 5.97 Å². The van der Waals surface area contributed by atoms with Gasteiger partial charge in [-0.3, -0.25) is 19.8 Å². The Morgan fingerprint density at radius 1 is 1.26 bits per heavy atom. The summed E-state index contributed by atoms with van der Waals surface area (Å²) in [5.41, 5.74) is 0.941. The Balaban J connectivity index is 1.61. The molecule has 0 aliphatic carbocycles. The zero-order valence-electron chi connectivity index (χ0n) is 21.0. The second-order valence-corrected chi connectivity index (χ2v) is 9.23. The minimum atomic E-state index is -1.16. The molecule has 38 heavy (non-hydrogen) atoms. The summed E-state index contributed by atoms with van der Waals surface area (Å²) in [7, 11) is 1.17. The number of aliphatic hydroxyl groups is 1. The van der Waals surface area contributed by atoms with E-state index in [0.29, 0.717) is 19.5 Å². The molecule has 1 fully saturated rings. The highest BCUT2D eigenvalue weighted by Crippen LogP contribution is 2.40. The number of nitro benzene ring substituents is 1. The molecule has 0 bridgehead atoms. The van der Waals surface area contributed by atoms with Gasteiger partial charge in [0.25, 0.3) is 17.5 Å². The zero-order valence-corrected chi connectivity index (χ0v) is 21.0. The maximum atomic E-state index is 13.6. The predicted molar refractivity (Wildman–Crippen MR) is 134 cm³/mol.